The number of hydrogen-bond donors (Lipinski definition) is 2. The van der Waals surface area contributed by atoms with Crippen molar-refractivity contribution in [2.45, 2.75) is 43.8 Å². The van der Waals surface area contributed by atoms with Crippen molar-refractivity contribution in [2.24, 2.45) is 0 Å². The molecule has 1 aromatic heterocycles. The van der Waals surface area contributed by atoms with E-state index in [1.54, 1.807) is 12.1 Å². The number of anilines is 2. The normalized spacial score (nSPS) is 18.1. The summed E-state index contributed by atoms with van der Waals surface area (Å²) in [6.07, 6.45) is 1.82. The average molecular weight is 427 g/mol. The van der Waals surface area contributed by atoms with Gasteiger partial charge in [-0.3, -0.25) is 4.31 Å². The molecular formula is C21H26BN3O4S. The van der Waals surface area contributed by atoms with Crippen LogP contribution in [0.25, 0.3) is 10.9 Å². The van der Waals surface area contributed by atoms with Crippen molar-refractivity contribution >= 4 is 44.9 Å². The number of sulfonamides is 1. The molecule has 1 aliphatic rings. The molecule has 0 saturated carbocycles. The van der Waals surface area contributed by atoms with Crippen molar-refractivity contribution in [3.8, 4) is 0 Å². The molecule has 4 rings (SSSR count). The summed E-state index contributed by atoms with van der Waals surface area (Å²) in [5.74, 6) is 0. The number of nitrogen functional groups attached to an aromatic ring is 1. The van der Waals surface area contributed by atoms with Crippen LogP contribution in [0, 0.1) is 0 Å². The summed E-state index contributed by atoms with van der Waals surface area (Å²) < 4.78 is 40.4. The molecule has 0 unspecified atom stereocenters. The summed E-state index contributed by atoms with van der Waals surface area (Å²) in [5.41, 5.74) is 7.15. The molecule has 30 heavy (non-hydrogen) atoms. The fourth-order valence-electron chi connectivity index (χ4n) is 3.46. The van der Waals surface area contributed by atoms with Gasteiger partial charge in [0, 0.05) is 35.3 Å². The van der Waals surface area contributed by atoms with Crippen molar-refractivity contribution in [3.63, 3.8) is 0 Å². The van der Waals surface area contributed by atoms with Crippen molar-refractivity contribution in [1.82, 2.24) is 4.98 Å². The Morgan fingerprint density at radius 1 is 1.00 bits per heavy atom. The summed E-state index contributed by atoms with van der Waals surface area (Å²) in [5, 5.41) is 0.893. The summed E-state index contributed by atoms with van der Waals surface area (Å²) in [6, 6.07) is 11.8. The van der Waals surface area contributed by atoms with Crippen LogP contribution in [0.1, 0.15) is 27.7 Å². The fraction of sp³-hybridized carbons (Fsp3) is 0.333. The van der Waals surface area contributed by atoms with Crippen LogP contribution in [-0.2, 0) is 19.3 Å². The van der Waals surface area contributed by atoms with Gasteiger partial charge in [-0.1, -0.05) is 0 Å². The number of hydrogen-bond acceptors (Lipinski definition) is 5. The molecule has 2 aromatic carbocycles. The maximum Gasteiger partial charge on any atom is 0.497 e. The molecule has 0 atom stereocenters. The maximum absolute atomic E-state index is 13.3. The third-order valence-corrected chi connectivity index (χ3v) is 7.87. The molecule has 158 valence electrons. The van der Waals surface area contributed by atoms with Crippen molar-refractivity contribution in [2.75, 3.05) is 17.1 Å². The molecule has 0 spiro atoms. The maximum atomic E-state index is 13.3. The van der Waals surface area contributed by atoms with Gasteiger partial charge in [-0.15, -0.1) is 0 Å². The van der Waals surface area contributed by atoms with E-state index in [9.17, 15) is 8.42 Å². The van der Waals surface area contributed by atoms with Gasteiger partial charge in [0.05, 0.1) is 21.8 Å². The summed E-state index contributed by atoms with van der Waals surface area (Å²) in [7, 11) is -2.98. The van der Waals surface area contributed by atoms with Crippen molar-refractivity contribution < 1.29 is 17.7 Å². The molecular weight excluding hydrogens is 401 g/mol. The summed E-state index contributed by atoms with van der Waals surface area (Å²) >= 11 is 0. The van der Waals surface area contributed by atoms with Gasteiger partial charge in [-0.05, 0) is 70.2 Å². The Morgan fingerprint density at radius 3 is 2.20 bits per heavy atom. The van der Waals surface area contributed by atoms with E-state index in [0.29, 0.717) is 16.8 Å². The topological polar surface area (TPSA) is 97.6 Å². The zero-order chi connectivity index (χ0) is 21.9. The molecule has 3 aromatic rings. The Balaban J connectivity index is 1.84. The number of nitrogens with two attached hydrogens (primary N) is 1. The second-order valence-corrected chi connectivity index (χ2v) is 10.6. The first-order valence-corrected chi connectivity index (χ1v) is 11.2. The van der Waals surface area contributed by atoms with Crippen LogP contribution in [0.2, 0.25) is 0 Å². The van der Waals surface area contributed by atoms with Gasteiger partial charge >= 0.3 is 7.12 Å². The highest BCUT2D eigenvalue weighted by atomic mass is 32.2. The van der Waals surface area contributed by atoms with Gasteiger partial charge in [-0.2, -0.15) is 0 Å². The van der Waals surface area contributed by atoms with E-state index in [2.05, 4.69) is 4.98 Å². The molecule has 1 aliphatic heterocycles. The number of nitrogens with zero attached hydrogens (tertiary/aromatic N) is 1. The molecule has 0 amide bonds. The lowest BCUT2D eigenvalue weighted by atomic mass is 9.77. The van der Waals surface area contributed by atoms with Crippen LogP contribution in [-0.4, -0.2) is 38.8 Å². The predicted octanol–water partition coefficient (Wildman–Crippen LogP) is 2.87. The zero-order valence-corrected chi connectivity index (χ0v) is 18.6. The van der Waals surface area contributed by atoms with Gasteiger partial charge in [0.25, 0.3) is 10.0 Å². The molecule has 7 nitrogen and oxygen atoms in total. The monoisotopic (exact) mass is 427 g/mol. The third kappa shape index (κ3) is 3.27. The van der Waals surface area contributed by atoms with E-state index in [1.165, 1.54) is 23.5 Å². The minimum Gasteiger partial charge on any atom is -0.399 e. The number of H-pyrrole nitrogens is 1. The van der Waals surface area contributed by atoms with Crippen LogP contribution >= 0.6 is 0 Å². The first-order valence-electron chi connectivity index (χ1n) is 9.73. The van der Waals surface area contributed by atoms with E-state index in [4.69, 9.17) is 15.0 Å². The first kappa shape index (κ1) is 20.8. The minimum absolute atomic E-state index is 0.160. The largest absolute Gasteiger partial charge is 0.497 e. The lowest BCUT2D eigenvalue weighted by molar-refractivity contribution is 0.00578. The Bertz CT molecular complexity index is 1190. The lowest BCUT2D eigenvalue weighted by Crippen LogP contribution is -2.41. The second-order valence-electron chi connectivity index (χ2n) is 8.61. The van der Waals surface area contributed by atoms with Crippen molar-refractivity contribution in [3.05, 3.63) is 48.7 Å². The van der Waals surface area contributed by atoms with Gasteiger partial charge in [-0.25, -0.2) is 8.42 Å². The van der Waals surface area contributed by atoms with Crippen LogP contribution in [0.15, 0.2) is 53.6 Å². The SMILES string of the molecule is CN(c1cc2cc[nH]c2cc1B1OC(C)(C)C(C)(C)O1)S(=O)(=O)c1ccc(N)cc1. The number of aromatic amines is 1. The van der Waals surface area contributed by atoms with Crippen LogP contribution in [0.5, 0.6) is 0 Å². The van der Waals surface area contributed by atoms with Crippen molar-refractivity contribution in [1.29, 1.82) is 0 Å². The predicted molar refractivity (Wildman–Crippen MR) is 120 cm³/mol. The molecule has 2 heterocycles. The first-order chi connectivity index (χ1) is 13.9. The van der Waals surface area contributed by atoms with Gasteiger partial charge < -0.3 is 20.0 Å². The summed E-state index contributed by atoms with van der Waals surface area (Å²) in [4.78, 5) is 3.34. The summed E-state index contributed by atoms with van der Waals surface area (Å²) in [6.45, 7) is 7.87. The smallest absolute Gasteiger partial charge is 0.399 e. The zero-order valence-electron chi connectivity index (χ0n) is 17.8. The Labute approximate surface area is 177 Å². The molecule has 0 aliphatic carbocycles. The standard InChI is InChI=1S/C21H26BN3O4S/c1-20(2)21(3,4)29-22(28-20)17-13-18-14(10-11-24-18)12-19(17)25(5)30(26,27)16-8-6-15(23)7-9-16/h6-13,24H,23H2,1-5H3. The van der Waals surface area contributed by atoms with Gasteiger partial charge in [0.2, 0.25) is 0 Å². The quantitative estimate of drug-likeness (QED) is 0.493. The number of fused-ring (bicyclic) bond motifs is 1. The van der Waals surface area contributed by atoms with Gasteiger partial charge in [0.15, 0.2) is 0 Å². The van der Waals surface area contributed by atoms with Gasteiger partial charge in [0.1, 0.15) is 0 Å². The number of nitrogens with one attached hydrogen (secondary N) is 1. The highest BCUT2D eigenvalue weighted by molar-refractivity contribution is 7.92. The van der Waals surface area contributed by atoms with E-state index < -0.39 is 28.3 Å². The van der Waals surface area contributed by atoms with Crippen LogP contribution < -0.4 is 15.5 Å². The Hall–Kier alpha value is -2.49. The Kier molecular flexibility index (Phi) is 4.68. The van der Waals surface area contributed by atoms with E-state index >= 15 is 0 Å². The van der Waals surface area contributed by atoms with E-state index in [0.717, 1.165) is 10.9 Å². The van der Waals surface area contributed by atoms with E-state index in [1.807, 2.05) is 52.1 Å². The number of benzene rings is 2. The molecule has 3 N–H and O–H groups in total. The fourth-order valence-corrected chi connectivity index (χ4v) is 4.68. The minimum atomic E-state index is -3.81. The van der Waals surface area contributed by atoms with E-state index in [-0.39, 0.29) is 4.90 Å². The number of rotatable bonds is 4. The second kappa shape index (κ2) is 6.76. The molecule has 1 saturated heterocycles. The highest BCUT2D eigenvalue weighted by Gasteiger charge is 2.52. The van der Waals surface area contributed by atoms with Crippen LogP contribution in [0.4, 0.5) is 11.4 Å². The molecule has 0 bridgehead atoms. The lowest BCUT2D eigenvalue weighted by Gasteiger charge is -2.32. The highest BCUT2D eigenvalue weighted by Crippen LogP contribution is 2.38. The average Bonchev–Trinajstić information content (AvgIpc) is 3.21. The molecule has 9 heteroatoms. The molecule has 0 radical (unpaired) electrons. The number of aromatic nitrogens is 1. The molecule has 1 fully saturated rings. The Morgan fingerprint density at radius 2 is 1.60 bits per heavy atom. The van der Waals surface area contributed by atoms with Crippen LogP contribution in [0.3, 0.4) is 0 Å². The third-order valence-electron chi connectivity index (χ3n) is 6.09.